The highest BCUT2D eigenvalue weighted by molar-refractivity contribution is 5.95. The first kappa shape index (κ1) is 15.8. The Bertz CT molecular complexity index is 893. The number of carbonyl (C=O) groups is 1. The number of aryl methyl sites for hydroxylation is 1. The molecule has 0 unspecified atom stereocenters. The van der Waals surface area contributed by atoms with E-state index in [4.69, 9.17) is 0 Å². The molecule has 5 nitrogen and oxygen atoms in total. The fourth-order valence-corrected chi connectivity index (χ4v) is 3.42. The second-order valence-corrected chi connectivity index (χ2v) is 6.56. The SMILES string of the molecule is Cc1ccccc1C(=O)N1CCN(Cc2cnc3ccccn23)CC1. The Morgan fingerprint density at radius 2 is 1.80 bits per heavy atom. The number of piperazine rings is 1. The van der Waals surface area contributed by atoms with E-state index in [2.05, 4.69) is 20.5 Å². The van der Waals surface area contributed by atoms with Crippen LogP contribution < -0.4 is 0 Å². The Balaban J connectivity index is 1.40. The minimum atomic E-state index is 0.146. The van der Waals surface area contributed by atoms with Gasteiger partial charge in [0.2, 0.25) is 0 Å². The van der Waals surface area contributed by atoms with E-state index in [1.54, 1.807) is 0 Å². The lowest BCUT2D eigenvalue weighted by Crippen LogP contribution is -2.48. The number of amides is 1. The van der Waals surface area contributed by atoms with Crippen molar-refractivity contribution in [3.63, 3.8) is 0 Å². The molecule has 0 bridgehead atoms. The van der Waals surface area contributed by atoms with Crippen molar-refractivity contribution >= 4 is 11.6 Å². The van der Waals surface area contributed by atoms with Gasteiger partial charge in [0.25, 0.3) is 5.91 Å². The Kier molecular flexibility index (Phi) is 4.24. The standard InChI is InChI=1S/C20H22N4O/c1-16-6-2-3-7-18(16)20(25)23-12-10-22(11-13-23)15-17-14-21-19-8-4-5-9-24(17)19/h2-9,14H,10-13,15H2,1H3. The maximum Gasteiger partial charge on any atom is 0.254 e. The third kappa shape index (κ3) is 3.15. The summed E-state index contributed by atoms with van der Waals surface area (Å²) in [6, 6.07) is 13.9. The normalized spacial score (nSPS) is 15.6. The van der Waals surface area contributed by atoms with Gasteiger partial charge in [0, 0.05) is 44.5 Å². The molecule has 0 saturated carbocycles. The van der Waals surface area contributed by atoms with Gasteiger partial charge >= 0.3 is 0 Å². The minimum Gasteiger partial charge on any atom is -0.336 e. The van der Waals surface area contributed by atoms with Crippen molar-refractivity contribution in [3.05, 3.63) is 71.7 Å². The monoisotopic (exact) mass is 334 g/mol. The van der Waals surface area contributed by atoms with E-state index in [9.17, 15) is 4.79 Å². The summed E-state index contributed by atoms with van der Waals surface area (Å²) in [5, 5.41) is 0. The largest absolute Gasteiger partial charge is 0.336 e. The smallest absolute Gasteiger partial charge is 0.254 e. The molecule has 3 aromatic rings. The number of pyridine rings is 1. The minimum absolute atomic E-state index is 0.146. The fourth-order valence-electron chi connectivity index (χ4n) is 3.42. The number of imidazole rings is 1. The van der Waals surface area contributed by atoms with Gasteiger partial charge in [-0.2, -0.15) is 0 Å². The first-order chi connectivity index (χ1) is 12.2. The van der Waals surface area contributed by atoms with Crippen LogP contribution in [0.5, 0.6) is 0 Å². The summed E-state index contributed by atoms with van der Waals surface area (Å²) in [6.07, 6.45) is 4.00. The molecule has 25 heavy (non-hydrogen) atoms. The highest BCUT2D eigenvalue weighted by Crippen LogP contribution is 2.15. The average Bonchev–Trinajstić information content (AvgIpc) is 3.05. The van der Waals surface area contributed by atoms with Gasteiger partial charge in [0.1, 0.15) is 5.65 Å². The Labute approximate surface area is 147 Å². The van der Waals surface area contributed by atoms with E-state index in [0.717, 1.165) is 49.5 Å². The lowest BCUT2D eigenvalue weighted by Gasteiger charge is -2.34. The van der Waals surface area contributed by atoms with Gasteiger partial charge in [-0.25, -0.2) is 4.98 Å². The molecule has 0 atom stereocenters. The van der Waals surface area contributed by atoms with Gasteiger partial charge < -0.3 is 9.30 Å². The summed E-state index contributed by atoms with van der Waals surface area (Å²) in [6.45, 7) is 6.16. The van der Waals surface area contributed by atoms with Gasteiger partial charge in [0.05, 0.1) is 11.9 Å². The van der Waals surface area contributed by atoms with Crippen LogP contribution in [-0.4, -0.2) is 51.3 Å². The van der Waals surface area contributed by atoms with Crippen molar-refractivity contribution in [2.24, 2.45) is 0 Å². The van der Waals surface area contributed by atoms with Crippen molar-refractivity contribution in [2.45, 2.75) is 13.5 Å². The van der Waals surface area contributed by atoms with E-state index in [-0.39, 0.29) is 5.91 Å². The zero-order valence-corrected chi connectivity index (χ0v) is 14.4. The van der Waals surface area contributed by atoms with E-state index >= 15 is 0 Å². The molecule has 0 radical (unpaired) electrons. The lowest BCUT2D eigenvalue weighted by molar-refractivity contribution is 0.0626. The number of nitrogens with zero attached hydrogens (tertiary/aromatic N) is 4. The van der Waals surface area contributed by atoms with Crippen LogP contribution in [0, 0.1) is 6.92 Å². The number of fused-ring (bicyclic) bond motifs is 1. The number of aromatic nitrogens is 2. The van der Waals surface area contributed by atoms with E-state index in [0.29, 0.717) is 0 Å². The van der Waals surface area contributed by atoms with Crippen LogP contribution in [0.4, 0.5) is 0 Å². The number of rotatable bonds is 3. The van der Waals surface area contributed by atoms with Crippen molar-refractivity contribution in [1.29, 1.82) is 0 Å². The molecule has 0 aliphatic carbocycles. The molecule has 1 fully saturated rings. The molecular weight excluding hydrogens is 312 g/mol. The summed E-state index contributed by atoms with van der Waals surface area (Å²) in [7, 11) is 0. The zero-order chi connectivity index (χ0) is 17.2. The molecule has 1 amide bonds. The second-order valence-electron chi connectivity index (χ2n) is 6.56. The van der Waals surface area contributed by atoms with Crippen molar-refractivity contribution in [1.82, 2.24) is 19.2 Å². The number of benzene rings is 1. The van der Waals surface area contributed by atoms with E-state index < -0.39 is 0 Å². The quantitative estimate of drug-likeness (QED) is 0.739. The van der Waals surface area contributed by atoms with E-state index in [1.165, 1.54) is 5.69 Å². The molecule has 0 spiro atoms. The van der Waals surface area contributed by atoms with Crippen LogP contribution in [0.3, 0.4) is 0 Å². The van der Waals surface area contributed by atoms with Crippen LogP contribution in [0.25, 0.3) is 5.65 Å². The Hall–Kier alpha value is -2.66. The summed E-state index contributed by atoms with van der Waals surface area (Å²) < 4.78 is 2.13. The van der Waals surface area contributed by atoms with Gasteiger partial charge in [-0.15, -0.1) is 0 Å². The number of carbonyl (C=O) groups excluding carboxylic acids is 1. The molecular formula is C20H22N4O. The van der Waals surface area contributed by atoms with Gasteiger partial charge in [-0.05, 0) is 30.7 Å². The Morgan fingerprint density at radius 1 is 1.04 bits per heavy atom. The molecule has 2 aromatic heterocycles. The van der Waals surface area contributed by atoms with E-state index in [1.807, 2.05) is 60.5 Å². The molecule has 128 valence electrons. The Morgan fingerprint density at radius 3 is 2.60 bits per heavy atom. The predicted octanol–water partition coefficient (Wildman–Crippen LogP) is 2.60. The van der Waals surface area contributed by atoms with Crippen molar-refractivity contribution in [3.8, 4) is 0 Å². The number of hydrogen-bond acceptors (Lipinski definition) is 3. The summed E-state index contributed by atoms with van der Waals surface area (Å²) >= 11 is 0. The highest BCUT2D eigenvalue weighted by Gasteiger charge is 2.23. The molecule has 1 aliphatic rings. The average molecular weight is 334 g/mol. The molecule has 3 heterocycles. The second kappa shape index (κ2) is 6.69. The summed E-state index contributed by atoms with van der Waals surface area (Å²) in [4.78, 5) is 21.5. The van der Waals surface area contributed by atoms with Gasteiger partial charge in [-0.3, -0.25) is 9.69 Å². The zero-order valence-electron chi connectivity index (χ0n) is 14.4. The predicted molar refractivity (Wildman–Crippen MR) is 97.6 cm³/mol. The summed E-state index contributed by atoms with van der Waals surface area (Å²) in [5.41, 5.74) is 4.03. The van der Waals surface area contributed by atoms with Crippen molar-refractivity contribution in [2.75, 3.05) is 26.2 Å². The van der Waals surface area contributed by atoms with Crippen LogP contribution in [0.15, 0.2) is 54.9 Å². The highest BCUT2D eigenvalue weighted by atomic mass is 16.2. The topological polar surface area (TPSA) is 40.9 Å². The third-order valence-electron chi connectivity index (χ3n) is 4.91. The molecule has 1 aromatic carbocycles. The van der Waals surface area contributed by atoms with Crippen LogP contribution in [0.2, 0.25) is 0 Å². The summed E-state index contributed by atoms with van der Waals surface area (Å²) in [5.74, 6) is 0.146. The van der Waals surface area contributed by atoms with Crippen LogP contribution in [-0.2, 0) is 6.54 Å². The molecule has 4 rings (SSSR count). The fraction of sp³-hybridized carbons (Fsp3) is 0.300. The van der Waals surface area contributed by atoms with Gasteiger partial charge in [-0.1, -0.05) is 24.3 Å². The van der Waals surface area contributed by atoms with Crippen molar-refractivity contribution < 1.29 is 4.79 Å². The van der Waals surface area contributed by atoms with Crippen LogP contribution in [0.1, 0.15) is 21.6 Å². The molecule has 1 aliphatic heterocycles. The molecule has 5 heteroatoms. The molecule has 0 N–H and O–H groups in total. The third-order valence-corrected chi connectivity index (χ3v) is 4.91. The first-order valence-corrected chi connectivity index (χ1v) is 8.70. The lowest BCUT2D eigenvalue weighted by atomic mass is 10.1. The first-order valence-electron chi connectivity index (χ1n) is 8.70. The van der Waals surface area contributed by atoms with Gasteiger partial charge in [0.15, 0.2) is 0 Å². The molecule has 1 saturated heterocycles. The maximum absolute atomic E-state index is 12.7. The van der Waals surface area contributed by atoms with Crippen LogP contribution >= 0.6 is 0 Å². The maximum atomic E-state index is 12.7. The number of hydrogen-bond donors (Lipinski definition) is 0.